The number of aliphatic carboxylic acids is 1. The molecule has 0 fully saturated rings. The molecule has 0 atom stereocenters. The number of anilines is 1. The van der Waals surface area contributed by atoms with Crippen molar-refractivity contribution in [3.8, 4) is 5.75 Å². The molecule has 0 saturated carbocycles. The fourth-order valence-corrected chi connectivity index (χ4v) is 2.52. The van der Waals surface area contributed by atoms with E-state index < -0.39 is 11.8 Å². The minimum Gasteiger partial charge on any atom is -0.484 e. The third-order valence-electron chi connectivity index (χ3n) is 4.73. The first kappa shape index (κ1) is 21.2. The number of carboxylic acid groups (broad SMARTS) is 1. The van der Waals surface area contributed by atoms with Crippen molar-refractivity contribution in [2.24, 2.45) is 0 Å². The first-order valence-electron chi connectivity index (χ1n) is 9.09. The van der Waals surface area contributed by atoms with Gasteiger partial charge in [-0.3, -0.25) is 9.59 Å². The molecule has 0 bridgehead atoms. The lowest BCUT2D eigenvalue weighted by molar-refractivity contribution is -0.148. The number of Topliss-reactive ketones (excluding diaryl/α,β-unsaturated/α-hetero) is 1. The molecule has 0 aromatic heterocycles. The van der Waals surface area contributed by atoms with Crippen molar-refractivity contribution in [1.82, 2.24) is 0 Å². The number of carboxylic acids is 1. The average molecular weight is 383 g/mol. The van der Waals surface area contributed by atoms with E-state index in [4.69, 9.17) is 9.84 Å². The smallest absolute Gasteiger partial charge is 0.372 e. The lowest BCUT2D eigenvalue weighted by Crippen LogP contribution is -2.20. The van der Waals surface area contributed by atoms with Crippen LogP contribution in [0, 0.1) is 0 Å². The highest BCUT2D eigenvalue weighted by Crippen LogP contribution is 2.28. The Bertz CT molecular complexity index is 838. The van der Waals surface area contributed by atoms with Crippen molar-refractivity contribution >= 4 is 23.3 Å². The van der Waals surface area contributed by atoms with Crippen LogP contribution in [0.25, 0.3) is 0 Å². The third kappa shape index (κ3) is 5.94. The molecule has 6 heteroatoms. The summed E-state index contributed by atoms with van der Waals surface area (Å²) in [5, 5.41) is 11.3. The summed E-state index contributed by atoms with van der Waals surface area (Å²) in [6.07, 6.45) is 0.844. The molecule has 28 heavy (non-hydrogen) atoms. The zero-order chi connectivity index (χ0) is 20.7. The van der Waals surface area contributed by atoms with Crippen LogP contribution in [-0.4, -0.2) is 29.4 Å². The number of carbonyl (C=O) groups is 3. The summed E-state index contributed by atoms with van der Waals surface area (Å²) in [5.41, 5.74) is 2.42. The van der Waals surface area contributed by atoms with Crippen LogP contribution in [0.2, 0.25) is 0 Å². The summed E-state index contributed by atoms with van der Waals surface area (Å²) in [6, 6.07) is 14.2. The molecular weight excluding hydrogens is 358 g/mol. The summed E-state index contributed by atoms with van der Waals surface area (Å²) in [7, 11) is 0. The van der Waals surface area contributed by atoms with E-state index in [0.717, 1.165) is 6.42 Å². The monoisotopic (exact) mass is 383 g/mol. The van der Waals surface area contributed by atoms with Crippen LogP contribution in [0.5, 0.6) is 5.75 Å². The van der Waals surface area contributed by atoms with Gasteiger partial charge in [0.15, 0.2) is 6.61 Å². The summed E-state index contributed by atoms with van der Waals surface area (Å²) < 4.78 is 5.52. The molecule has 2 N–H and O–H groups in total. The van der Waals surface area contributed by atoms with Crippen molar-refractivity contribution in [2.45, 2.75) is 39.0 Å². The number of ketones is 1. The quantitative estimate of drug-likeness (QED) is 0.646. The van der Waals surface area contributed by atoms with Crippen LogP contribution in [0.1, 0.15) is 38.3 Å². The highest BCUT2D eigenvalue weighted by atomic mass is 16.5. The maximum atomic E-state index is 12.0. The van der Waals surface area contributed by atoms with Gasteiger partial charge in [-0.25, -0.2) is 4.79 Å². The van der Waals surface area contributed by atoms with Crippen molar-refractivity contribution in [3.63, 3.8) is 0 Å². The lowest BCUT2D eigenvalue weighted by atomic mass is 9.82. The molecular formula is C22H25NO5. The topological polar surface area (TPSA) is 92.7 Å². The number of hydrogen-bond donors (Lipinski definition) is 2. The predicted octanol–water partition coefficient (Wildman–Crippen LogP) is 3.59. The number of amides is 1. The van der Waals surface area contributed by atoms with Gasteiger partial charge in [-0.15, -0.1) is 0 Å². The van der Waals surface area contributed by atoms with Crippen LogP contribution < -0.4 is 10.1 Å². The van der Waals surface area contributed by atoms with E-state index >= 15 is 0 Å². The number of nitrogens with one attached hydrogen (secondary N) is 1. The van der Waals surface area contributed by atoms with Gasteiger partial charge in [-0.2, -0.15) is 0 Å². The van der Waals surface area contributed by atoms with Gasteiger partial charge in [-0.1, -0.05) is 45.0 Å². The van der Waals surface area contributed by atoms with Gasteiger partial charge in [0.05, 0.1) is 0 Å². The summed E-state index contributed by atoms with van der Waals surface area (Å²) in [6.45, 7) is 6.37. The van der Waals surface area contributed by atoms with Gasteiger partial charge >= 0.3 is 5.97 Å². The van der Waals surface area contributed by atoms with E-state index in [1.54, 1.807) is 24.3 Å². The van der Waals surface area contributed by atoms with Gasteiger partial charge in [0, 0.05) is 12.1 Å². The molecule has 0 spiro atoms. The molecule has 0 aliphatic heterocycles. The van der Waals surface area contributed by atoms with Crippen molar-refractivity contribution < 1.29 is 24.2 Å². The molecule has 6 nitrogen and oxygen atoms in total. The van der Waals surface area contributed by atoms with Crippen LogP contribution in [0.15, 0.2) is 48.5 Å². The Morgan fingerprint density at radius 2 is 1.61 bits per heavy atom. The van der Waals surface area contributed by atoms with Gasteiger partial charge in [0.1, 0.15) is 5.75 Å². The summed E-state index contributed by atoms with van der Waals surface area (Å²) in [4.78, 5) is 33.8. The molecule has 148 valence electrons. The van der Waals surface area contributed by atoms with Crippen LogP contribution in [-0.2, 0) is 26.2 Å². The van der Waals surface area contributed by atoms with E-state index in [1.807, 2.05) is 24.3 Å². The van der Waals surface area contributed by atoms with E-state index in [1.165, 1.54) is 5.56 Å². The average Bonchev–Trinajstić information content (AvgIpc) is 2.68. The standard InChI is InChI=1S/C22H25NO5/c1-4-22(2,3)16-7-11-18(12-8-16)28-14-20(25)23-17-9-5-15(6-10-17)13-19(24)21(26)27/h5-12H,4,13-14H2,1-3H3,(H,23,25)(H,26,27). The van der Waals surface area contributed by atoms with Gasteiger partial charge in [-0.05, 0) is 47.2 Å². The molecule has 0 radical (unpaired) electrons. The first-order chi connectivity index (χ1) is 13.2. The van der Waals surface area contributed by atoms with E-state index in [0.29, 0.717) is 17.0 Å². The molecule has 2 aromatic rings. The highest BCUT2D eigenvalue weighted by molar-refractivity contribution is 6.33. The molecule has 0 aliphatic carbocycles. The number of ether oxygens (including phenoxy) is 1. The van der Waals surface area contributed by atoms with Crippen LogP contribution in [0.4, 0.5) is 5.69 Å². The van der Waals surface area contributed by atoms with Crippen molar-refractivity contribution in [1.29, 1.82) is 0 Å². The Hall–Kier alpha value is -3.15. The van der Waals surface area contributed by atoms with Gasteiger partial charge in [0.2, 0.25) is 5.78 Å². The number of carbonyl (C=O) groups excluding carboxylic acids is 2. The van der Waals surface area contributed by atoms with Gasteiger partial charge in [0.25, 0.3) is 5.91 Å². The second-order valence-corrected chi connectivity index (χ2v) is 7.20. The normalized spacial score (nSPS) is 11.0. The largest absolute Gasteiger partial charge is 0.484 e. The maximum Gasteiger partial charge on any atom is 0.372 e. The Labute approximate surface area is 164 Å². The minimum atomic E-state index is -1.46. The zero-order valence-corrected chi connectivity index (χ0v) is 16.3. The lowest BCUT2D eigenvalue weighted by Gasteiger charge is -2.23. The maximum absolute atomic E-state index is 12.0. The van der Waals surface area contributed by atoms with Crippen molar-refractivity contribution in [3.05, 3.63) is 59.7 Å². The summed E-state index contributed by atoms with van der Waals surface area (Å²) >= 11 is 0. The zero-order valence-electron chi connectivity index (χ0n) is 16.3. The Morgan fingerprint density at radius 1 is 1.00 bits per heavy atom. The second-order valence-electron chi connectivity index (χ2n) is 7.20. The number of benzene rings is 2. The number of hydrogen-bond acceptors (Lipinski definition) is 4. The van der Waals surface area contributed by atoms with Crippen LogP contribution >= 0.6 is 0 Å². The molecule has 2 rings (SSSR count). The molecule has 0 unspecified atom stereocenters. The summed E-state index contributed by atoms with van der Waals surface area (Å²) in [5.74, 6) is -2.03. The third-order valence-corrected chi connectivity index (χ3v) is 4.73. The second kappa shape index (κ2) is 9.17. The predicted molar refractivity (Wildman–Crippen MR) is 107 cm³/mol. The van der Waals surface area contributed by atoms with Crippen LogP contribution in [0.3, 0.4) is 0 Å². The molecule has 0 saturated heterocycles. The Kier molecular flexibility index (Phi) is 6.93. The molecule has 0 heterocycles. The first-order valence-corrected chi connectivity index (χ1v) is 9.09. The minimum absolute atomic E-state index is 0.0944. The SMILES string of the molecule is CCC(C)(C)c1ccc(OCC(=O)Nc2ccc(CC(=O)C(=O)O)cc2)cc1. The van der Waals surface area contributed by atoms with Crippen molar-refractivity contribution in [2.75, 3.05) is 11.9 Å². The van der Waals surface area contributed by atoms with E-state index in [2.05, 4.69) is 26.1 Å². The van der Waals surface area contributed by atoms with Gasteiger partial charge < -0.3 is 15.2 Å². The Balaban J connectivity index is 1.85. The molecule has 0 aliphatic rings. The molecule has 1 amide bonds. The number of rotatable bonds is 9. The molecule has 2 aromatic carbocycles. The Morgan fingerprint density at radius 3 is 2.14 bits per heavy atom. The van der Waals surface area contributed by atoms with E-state index in [9.17, 15) is 14.4 Å². The van der Waals surface area contributed by atoms with E-state index in [-0.39, 0.29) is 24.3 Å². The highest BCUT2D eigenvalue weighted by Gasteiger charge is 2.17. The fraction of sp³-hybridized carbons (Fsp3) is 0.318. The fourth-order valence-electron chi connectivity index (χ4n) is 2.52.